The highest BCUT2D eigenvalue weighted by molar-refractivity contribution is 5.52. The second-order valence-corrected chi connectivity index (χ2v) is 5.05. The van der Waals surface area contributed by atoms with Crippen molar-refractivity contribution in [1.29, 1.82) is 0 Å². The number of hydrogen-bond acceptors (Lipinski definition) is 3. The average molecular weight is 233 g/mol. The third kappa shape index (κ3) is 2.99. The zero-order chi connectivity index (χ0) is 12.3. The summed E-state index contributed by atoms with van der Waals surface area (Å²) < 4.78 is 0. The number of nitrogens with one attached hydrogen (secondary N) is 1. The van der Waals surface area contributed by atoms with Gasteiger partial charge in [-0.25, -0.2) is 0 Å². The fourth-order valence-electron chi connectivity index (χ4n) is 2.42. The quantitative estimate of drug-likeness (QED) is 0.854. The van der Waals surface area contributed by atoms with Gasteiger partial charge in [-0.05, 0) is 18.6 Å². The maximum absolute atomic E-state index is 3.44. The molecular weight excluding hydrogens is 210 g/mol. The van der Waals surface area contributed by atoms with Gasteiger partial charge in [0.05, 0.1) is 0 Å². The summed E-state index contributed by atoms with van der Waals surface area (Å²) in [5.41, 5.74) is 2.75. The van der Waals surface area contributed by atoms with Crippen LogP contribution in [0.2, 0.25) is 0 Å². The topological polar surface area (TPSA) is 18.5 Å². The number of piperazine rings is 1. The van der Waals surface area contributed by atoms with E-state index in [2.05, 4.69) is 60.4 Å². The average Bonchev–Trinajstić information content (AvgIpc) is 2.32. The van der Waals surface area contributed by atoms with E-state index in [1.54, 1.807) is 0 Å². The molecule has 1 aliphatic rings. The summed E-state index contributed by atoms with van der Waals surface area (Å²) >= 11 is 0. The molecule has 0 amide bonds. The molecule has 94 valence electrons. The van der Waals surface area contributed by atoms with Gasteiger partial charge in [0.2, 0.25) is 0 Å². The van der Waals surface area contributed by atoms with Crippen molar-refractivity contribution >= 4 is 5.69 Å². The maximum Gasteiger partial charge on any atom is 0.0406 e. The fraction of sp³-hybridized carbons (Fsp3) is 0.571. The molecule has 17 heavy (non-hydrogen) atoms. The minimum atomic E-state index is 0.624. The molecule has 0 radical (unpaired) electrons. The van der Waals surface area contributed by atoms with Gasteiger partial charge in [-0.1, -0.05) is 18.2 Å². The van der Waals surface area contributed by atoms with Gasteiger partial charge in [-0.2, -0.15) is 0 Å². The predicted octanol–water partition coefficient (Wildman–Crippen LogP) is 1.55. The second kappa shape index (κ2) is 5.52. The number of benzene rings is 1. The number of anilines is 1. The molecule has 1 aromatic rings. The van der Waals surface area contributed by atoms with Crippen molar-refractivity contribution in [3.8, 4) is 0 Å². The van der Waals surface area contributed by atoms with Gasteiger partial charge in [-0.15, -0.1) is 0 Å². The lowest BCUT2D eigenvalue weighted by Gasteiger charge is -2.34. The second-order valence-electron chi connectivity index (χ2n) is 5.05. The molecule has 2 rings (SSSR count). The van der Waals surface area contributed by atoms with E-state index in [-0.39, 0.29) is 0 Å². The van der Waals surface area contributed by atoms with Crippen LogP contribution >= 0.6 is 0 Å². The zero-order valence-electron chi connectivity index (χ0n) is 11.1. The third-order valence-electron chi connectivity index (χ3n) is 3.49. The van der Waals surface area contributed by atoms with E-state index >= 15 is 0 Å². The van der Waals surface area contributed by atoms with E-state index in [0.29, 0.717) is 6.04 Å². The van der Waals surface area contributed by atoms with Crippen LogP contribution in [0.1, 0.15) is 12.5 Å². The molecular formula is C14H23N3. The van der Waals surface area contributed by atoms with Crippen molar-refractivity contribution in [3.05, 3.63) is 29.8 Å². The minimum absolute atomic E-state index is 0.624. The summed E-state index contributed by atoms with van der Waals surface area (Å²) in [5, 5.41) is 3.44. The number of rotatable bonds is 3. The van der Waals surface area contributed by atoms with E-state index in [1.165, 1.54) is 11.3 Å². The van der Waals surface area contributed by atoms with Gasteiger partial charge >= 0.3 is 0 Å². The Bertz CT molecular complexity index is 362. The van der Waals surface area contributed by atoms with Crippen LogP contribution in [0, 0.1) is 0 Å². The first-order valence-electron chi connectivity index (χ1n) is 6.38. The molecule has 1 aromatic carbocycles. The van der Waals surface area contributed by atoms with Crippen molar-refractivity contribution in [2.45, 2.75) is 19.5 Å². The van der Waals surface area contributed by atoms with Gasteiger partial charge in [-0.3, -0.25) is 4.90 Å². The Morgan fingerprint density at radius 2 is 2.12 bits per heavy atom. The van der Waals surface area contributed by atoms with Gasteiger partial charge in [0, 0.05) is 52.0 Å². The van der Waals surface area contributed by atoms with E-state index in [9.17, 15) is 0 Å². The van der Waals surface area contributed by atoms with Gasteiger partial charge < -0.3 is 10.2 Å². The van der Waals surface area contributed by atoms with Crippen LogP contribution in [-0.4, -0.2) is 44.7 Å². The first-order valence-corrected chi connectivity index (χ1v) is 6.38. The molecule has 1 heterocycles. The molecule has 1 fully saturated rings. The minimum Gasteiger partial charge on any atom is -0.377 e. The van der Waals surface area contributed by atoms with Crippen molar-refractivity contribution in [2.75, 3.05) is 38.6 Å². The SMILES string of the molecule is C[C@H]1CNCCN1Cc1ccccc1N(C)C. The van der Waals surface area contributed by atoms with Crippen molar-refractivity contribution in [1.82, 2.24) is 10.2 Å². The Morgan fingerprint density at radius 3 is 2.82 bits per heavy atom. The summed E-state index contributed by atoms with van der Waals surface area (Å²) in [4.78, 5) is 4.75. The molecule has 3 nitrogen and oxygen atoms in total. The van der Waals surface area contributed by atoms with Gasteiger partial charge in [0.15, 0.2) is 0 Å². The van der Waals surface area contributed by atoms with Crippen LogP contribution in [0.4, 0.5) is 5.69 Å². The highest BCUT2D eigenvalue weighted by Crippen LogP contribution is 2.20. The van der Waals surface area contributed by atoms with Gasteiger partial charge in [0.25, 0.3) is 0 Å². The van der Waals surface area contributed by atoms with Crippen LogP contribution < -0.4 is 10.2 Å². The standard InChI is InChI=1S/C14H23N3/c1-12-10-15-8-9-17(12)11-13-6-4-5-7-14(13)16(2)3/h4-7,12,15H,8-11H2,1-3H3/t12-/m0/s1. The number of hydrogen-bond donors (Lipinski definition) is 1. The van der Waals surface area contributed by atoms with Crippen LogP contribution in [0.5, 0.6) is 0 Å². The van der Waals surface area contributed by atoms with Crippen LogP contribution in [-0.2, 0) is 6.54 Å². The Morgan fingerprint density at radius 1 is 1.35 bits per heavy atom. The van der Waals surface area contributed by atoms with Crippen molar-refractivity contribution in [2.24, 2.45) is 0 Å². The smallest absolute Gasteiger partial charge is 0.0406 e. The lowest BCUT2D eigenvalue weighted by atomic mass is 10.1. The predicted molar refractivity (Wildman–Crippen MR) is 73.5 cm³/mol. The summed E-state index contributed by atoms with van der Waals surface area (Å²) in [6.07, 6.45) is 0. The van der Waals surface area contributed by atoms with E-state index < -0.39 is 0 Å². The van der Waals surface area contributed by atoms with Crippen LogP contribution in [0.3, 0.4) is 0 Å². The summed E-state index contributed by atoms with van der Waals surface area (Å²) in [6, 6.07) is 9.31. The molecule has 0 spiro atoms. The normalized spacial score (nSPS) is 21.5. The monoisotopic (exact) mass is 233 g/mol. The lowest BCUT2D eigenvalue weighted by molar-refractivity contribution is 0.166. The fourth-order valence-corrected chi connectivity index (χ4v) is 2.42. The molecule has 1 saturated heterocycles. The van der Waals surface area contributed by atoms with Crippen molar-refractivity contribution in [3.63, 3.8) is 0 Å². The first-order chi connectivity index (χ1) is 8.18. The van der Waals surface area contributed by atoms with E-state index in [1.807, 2.05) is 0 Å². The molecule has 0 saturated carbocycles. The molecule has 0 unspecified atom stereocenters. The molecule has 0 aliphatic carbocycles. The summed E-state index contributed by atoms with van der Waals surface area (Å²) in [6.45, 7) is 6.70. The number of nitrogens with zero attached hydrogens (tertiary/aromatic N) is 2. The molecule has 1 aliphatic heterocycles. The first kappa shape index (κ1) is 12.4. The Labute approximate surface area is 104 Å². The molecule has 1 N–H and O–H groups in total. The van der Waals surface area contributed by atoms with Crippen LogP contribution in [0.15, 0.2) is 24.3 Å². The van der Waals surface area contributed by atoms with E-state index in [4.69, 9.17) is 0 Å². The van der Waals surface area contributed by atoms with Gasteiger partial charge in [0.1, 0.15) is 0 Å². The Hall–Kier alpha value is -1.06. The zero-order valence-corrected chi connectivity index (χ0v) is 11.1. The number of para-hydroxylation sites is 1. The maximum atomic E-state index is 3.44. The molecule has 0 bridgehead atoms. The molecule has 3 heteroatoms. The summed E-state index contributed by atoms with van der Waals surface area (Å²) in [5.74, 6) is 0. The Kier molecular flexibility index (Phi) is 4.02. The largest absolute Gasteiger partial charge is 0.377 e. The Balaban J connectivity index is 2.12. The van der Waals surface area contributed by atoms with E-state index in [0.717, 1.165) is 26.2 Å². The highest BCUT2D eigenvalue weighted by atomic mass is 15.2. The molecule has 1 atom stereocenters. The van der Waals surface area contributed by atoms with Crippen LogP contribution in [0.25, 0.3) is 0 Å². The van der Waals surface area contributed by atoms with Crippen molar-refractivity contribution < 1.29 is 0 Å². The third-order valence-corrected chi connectivity index (χ3v) is 3.49. The highest BCUT2D eigenvalue weighted by Gasteiger charge is 2.18. The lowest BCUT2D eigenvalue weighted by Crippen LogP contribution is -2.49. The summed E-state index contributed by atoms with van der Waals surface area (Å²) in [7, 11) is 4.22. The molecule has 0 aromatic heterocycles.